The van der Waals surface area contributed by atoms with E-state index in [4.69, 9.17) is 10.6 Å². The van der Waals surface area contributed by atoms with Crippen LogP contribution < -0.4 is 0 Å². The first-order chi connectivity index (χ1) is 9.70. The number of hydrogen-bond acceptors (Lipinski definition) is 2. The molecule has 5 nitrogen and oxygen atoms in total. The third kappa shape index (κ3) is 3.29. The zero-order valence-electron chi connectivity index (χ0n) is 10.6. The van der Waals surface area contributed by atoms with Crippen molar-refractivity contribution in [3.05, 3.63) is 58.0 Å². The predicted molar refractivity (Wildman–Crippen MR) is 76.4 cm³/mol. The molecule has 2 aromatic rings. The van der Waals surface area contributed by atoms with Crippen LogP contribution in [-0.4, -0.2) is 17.6 Å². The fraction of sp³-hybridized carbons (Fsp3) is 0.133. The average molecular weight is 265 g/mol. The summed E-state index contributed by atoms with van der Waals surface area (Å²) in [4.78, 5) is 13.5. The maximum Gasteiger partial charge on any atom is 0.335 e. The summed E-state index contributed by atoms with van der Waals surface area (Å²) in [7, 11) is 0. The van der Waals surface area contributed by atoms with Crippen molar-refractivity contribution in [2.45, 2.75) is 6.42 Å². The lowest BCUT2D eigenvalue weighted by molar-refractivity contribution is 0.0697. The molecule has 0 bridgehead atoms. The van der Waals surface area contributed by atoms with E-state index in [1.54, 1.807) is 18.2 Å². The van der Waals surface area contributed by atoms with E-state index in [1.807, 2.05) is 18.2 Å². The van der Waals surface area contributed by atoms with E-state index in [0.717, 1.165) is 16.3 Å². The second-order valence-corrected chi connectivity index (χ2v) is 4.09. The van der Waals surface area contributed by atoms with Gasteiger partial charge in [-0.2, -0.15) is 0 Å². The summed E-state index contributed by atoms with van der Waals surface area (Å²) >= 11 is 0. The summed E-state index contributed by atoms with van der Waals surface area (Å²) in [5, 5.41) is 14.1. The minimum Gasteiger partial charge on any atom is -0.478 e. The first-order valence-corrected chi connectivity index (χ1v) is 5.97. The van der Waals surface area contributed by atoms with E-state index in [1.165, 1.54) is 0 Å². The molecule has 0 aliphatic rings. The summed E-state index contributed by atoms with van der Waals surface area (Å²) in [5.41, 5.74) is 9.25. The Labute approximate surface area is 115 Å². The van der Waals surface area contributed by atoms with E-state index >= 15 is 0 Å². The Bertz CT molecular complexity index is 766. The zero-order valence-corrected chi connectivity index (χ0v) is 10.6. The van der Waals surface area contributed by atoms with E-state index < -0.39 is 5.97 Å². The van der Waals surface area contributed by atoms with Crippen molar-refractivity contribution in [1.29, 1.82) is 0 Å². The third-order valence-corrected chi connectivity index (χ3v) is 2.72. The topological polar surface area (TPSA) is 86.1 Å². The molecule has 0 saturated carbocycles. The van der Waals surface area contributed by atoms with Crippen molar-refractivity contribution >= 4 is 16.7 Å². The Morgan fingerprint density at radius 3 is 2.75 bits per heavy atom. The van der Waals surface area contributed by atoms with Crippen LogP contribution in [0.3, 0.4) is 0 Å². The first-order valence-electron chi connectivity index (χ1n) is 5.97. The lowest BCUT2D eigenvalue weighted by Crippen LogP contribution is -1.95. The molecule has 0 aliphatic carbocycles. The Morgan fingerprint density at radius 2 is 2.00 bits per heavy atom. The largest absolute Gasteiger partial charge is 0.478 e. The normalized spacial score (nSPS) is 9.40. The highest BCUT2D eigenvalue weighted by Crippen LogP contribution is 2.17. The van der Waals surface area contributed by atoms with Crippen molar-refractivity contribution in [3.8, 4) is 11.8 Å². The van der Waals surface area contributed by atoms with Crippen LogP contribution in [0.15, 0.2) is 41.5 Å². The van der Waals surface area contributed by atoms with E-state index in [9.17, 15) is 4.79 Å². The minimum atomic E-state index is -0.936. The Hall–Kier alpha value is -2.96. The van der Waals surface area contributed by atoms with Crippen LogP contribution in [0.1, 0.15) is 22.3 Å². The molecule has 0 unspecified atom stereocenters. The van der Waals surface area contributed by atoms with Gasteiger partial charge in [0.25, 0.3) is 0 Å². The average Bonchev–Trinajstić information content (AvgIpc) is 2.46. The molecule has 0 aliphatic heterocycles. The summed E-state index contributed by atoms with van der Waals surface area (Å²) < 4.78 is 0. The Kier molecular flexibility index (Phi) is 4.23. The summed E-state index contributed by atoms with van der Waals surface area (Å²) in [6, 6.07) is 10.6. The van der Waals surface area contributed by atoms with Gasteiger partial charge >= 0.3 is 5.97 Å². The standard InChI is InChI=1S/C15H11N3O2/c16-18-17-8-2-1-3-11-4-5-13-10-14(15(19)20)7-6-12(13)9-11/h4-7,9-10H,2,8H2,(H,19,20). The van der Waals surface area contributed by atoms with Crippen LogP contribution in [0.2, 0.25) is 0 Å². The SMILES string of the molecule is [N-]=[N+]=NCCC#Cc1ccc2cc(C(=O)O)ccc2c1. The zero-order chi connectivity index (χ0) is 14.4. The molecule has 2 aromatic carbocycles. The van der Waals surface area contributed by atoms with E-state index in [-0.39, 0.29) is 5.56 Å². The van der Waals surface area contributed by atoms with E-state index in [0.29, 0.717) is 13.0 Å². The van der Waals surface area contributed by atoms with Gasteiger partial charge in [0, 0.05) is 23.4 Å². The summed E-state index contributed by atoms with van der Waals surface area (Å²) in [5.74, 6) is 4.97. The highest BCUT2D eigenvalue weighted by Gasteiger charge is 2.03. The summed E-state index contributed by atoms with van der Waals surface area (Å²) in [6.07, 6.45) is 0.514. The van der Waals surface area contributed by atoms with Gasteiger partial charge < -0.3 is 5.11 Å². The second kappa shape index (κ2) is 6.28. The van der Waals surface area contributed by atoms with Crippen molar-refractivity contribution in [2.24, 2.45) is 5.11 Å². The molecule has 0 heterocycles. The molecule has 20 heavy (non-hydrogen) atoms. The highest BCUT2D eigenvalue weighted by atomic mass is 16.4. The van der Waals surface area contributed by atoms with E-state index in [2.05, 4.69) is 21.9 Å². The van der Waals surface area contributed by atoms with Gasteiger partial charge in [-0.05, 0) is 40.6 Å². The monoisotopic (exact) mass is 265 g/mol. The van der Waals surface area contributed by atoms with Crippen molar-refractivity contribution in [1.82, 2.24) is 0 Å². The van der Waals surface area contributed by atoms with Crippen molar-refractivity contribution in [3.63, 3.8) is 0 Å². The number of fused-ring (bicyclic) bond motifs is 1. The number of rotatable bonds is 3. The molecular formula is C15H11N3O2. The van der Waals surface area contributed by atoms with Crippen LogP contribution in [0.5, 0.6) is 0 Å². The maximum atomic E-state index is 10.9. The lowest BCUT2D eigenvalue weighted by atomic mass is 10.0. The van der Waals surface area contributed by atoms with Crippen LogP contribution in [-0.2, 0) is 0 Å². The smallest absolute Gasteiger partial charge is 0.335 e. The van der Waals surface area contributed by atoms with Gasteiger partial charge in [0.2, 0.25) is 0 Å². The number of nitrogens with zero attached hydrogens (tertiary/aromatic N) is 3. The molecule has 1 N–H and O–H groups in total. The molecule has 0 saturated heterocycles. The number of benzene rings is 2. The first kappa shape index (κ1) is 13.5. The second-order valence-electron chi connectivity index (χ2n) is 4.09. The number of carboxylic acid groups (broad SMARTS) is 1. The van der Waals surface area contributed by atoms with Crippen LogP contribution in [0.25, 0.3) is 21.2 Å². The number of carboxylic acids is 1. The molecule has 0 aromatic heterocycles. The summed E-state index contributed by atoms with van der Waals surface area (Å²) in [6.45, 7) is 0.360. The molecule has 5 heteroatoms. The molecule has 2 rings (SSSR count). The quantitative estimate of drug-likeness (QED) is 0.302. The van der Waals surface area contributed by atoms with Gasteiger partial charge in [-0.3, -0.25) is 0 Å². The van der Waals surface area contributed by atoms with Crippen molar-refractivity contribution < 1.29 is 9.90 Å². The van der Waals surface area contributed by atoms with Crippen LogP contribution >= 0.6 is 0 Å². The van der Waals surface area contributed by atoms with Crippen LogP contribution in [0, 0.1) is 11.8 Å². The maximum absolute atomic E-state index is 10.9. The number of hydrogen-bond donors (Lipinski definition) is 1. The molecule has 98 valence electrons. The third-order valence-electron chi connectivity index (χ3n) is 2.72. The lowest BCUT2D eigenvalue weighted by Gasteiger charge is -2.00. The van der Waals surface area contributed by atoms with Gasteiger partial charge in [-0.25, -0.2) is 4.79 Å². The minimum absolute atomic E-state index is 0.269. The molecule has 0 amide bonds. The fourth-order valence-corrected chi connectivity index (χ4v) is 1.77. The number of aromatic carboxylic acids is 1. The number of carbonyl (C=O) groups is 1. The molecule has 0 fully saturated rings. The molecule has 0 radical (unpaired) electrons. The van der Waals surface area contributed by atoms with Gasteiger partial charge in [-0.1, -0.05) is 29.1 Å². The Balaban J connectivity index is 2.23. The van der Waals surface area contributed by atoms with Gasteiger partial charge in [0.15, 0.2) is 0 Å². The van der Waals surface area contributed by atoms with Crippen molar-refractivity contribution in [2.75, 3.05) is 6.54 Å². The van der Waals surface area contributed by atoms with Gasteiger partial charge in [0.05, 0.1) is 5.56 Å². The predicted octanol–water partition coefficient (Wildman–Crippen LogP) is 3.59. The highest BCUT2D eigenvalue weighted by molar-refractivity contribution is 5.94. The van der Waals surface area contributed by atoms with Gasteiger partial charge in [-0.15, -0.1) is 0 Å². The number of azide groups is 1. The molecule has 0 spiro atoms. The van der Waals surface area contributed by atoms with Gasteiger partial charge in [0.1, 0.15) is 0 Å². The Morgan fingerprint density at radius 1 is 1.25 bits per heavy atom. The molecule has 0 atom stereocenters. The molecular weight excluding hydrogens is 254 g/mol. The van der Waals surface area contributed by atoms with Crippen LogP contribution in [0.4, 0.5) is 0 Å². The fourth-order valence-electron chi connectivity index (χ4n) is 1.77.